The summed E-state index contributed by atoms with van der Waals surface area (Å²) in [7, 11) is -7.99. The van der Waals surface area contributed by atoms with Gasteiger partial charge in [-0.05, 0) is 104 Å². The number of piperazine rings is 1. The minimum Gasteiger partial charge on any atom is -0.394 e. The van der Waals surface area contributed by atoms with Crippen molar-refractivity contribution in [1.82, 2.24) is 65.3 Å². The number of hydrogen-bond donors (Lipinski definition) is 7. The van der Waals surface area contributed by atoms with Crippen LogP contribution in [0, 0.1) is 0 Å². The second-order valence-electron chi connectivity index (χ2n) is 22.9. The van der Waals surface area contributed by atoms with Crippen LogP contribution in [-0.2, 0) is 29.5 Å². The number of aromatic amines is 3. The smallest absolute Gasteiger partial charge is 0.257 e. The van der Waals surface area contributed by atoms with Crippen LogP contribution in [0.1, 0.15) is 111 Å². The van der Waals surface area contributed by atoms with Gasteiger partial charge in [-0.3, -0.25) is 14.4 Å². The van der Waals surface area contributed by atoms with E-state index in [1.54, 1.807) is 152 Å². The van der Waals surface area contributed by atoms with Gasteiger partial charge >= 0.3 is 0 Å². The molecule has 9 aromatic rings. The number of benzene rings is 3. The SMILES string of the molecule is CC(C)S(=O)(=O)c1ccc(-c2cnc3[nH]cc(C(=O)N4CCN(C)CC4)c3n2)cc1.CC(C)S(=O)(=O)c1ccc(-c2cnc3[nH]cc(C(=O)NC4(CO)CC4)c3n2)cc1.CCC[C@H](CO)NC(=O)c1c[nH]c2ncc(-c3ccc(S(=O)(=O)C(C)C)cc3)nc12.[HH].[HH].[HH].[HH]. The molecule has 1 atom stereocenters. The molecule has 0 radical (unpaired) electrons. The van der Waals surface area contributed by atoms with E-state index in [4.69, 9.17) is 0 Å². The molecule has 24 nitrogen and oxygen atoms in total. The van der Waals surface area contributed by atoms with Gasteiger partial charge in [-0.1, -0.05) is 49.7 Å². The van der Waals surface area contributed by atoms with Crippen LogP contribution in [0.25, 0.3) is 67.3 Å². The van der Waals surface area contributed by atoms with E-state index in [1.807, 2.05) is 18.9 Å². The first-order valence-corrected chi connectivity index (χ1v) is 33.8. The molecule has 7 N–H and O–H groups in total. The number of fused-ring (bicyclic) bond motifs is 3. The maximum absolute atomic E-state index is 13.0. The molecule has 1 aliphatic heterocycles. The topological polar surface area (TPSA) is 349 Å². The van der Waals surface area contributed by atoms with E-state index in [0.29, 0.717) is 97.9 Å². The highest BCUT2D eigenvalue weighted by molar-refractivity contribution is 7.92. The summed E-state index contributed by atoms with van der Waals surface area (Å²) in [5.74, 6) is -0.703. The number of likely N-dealkylation sites (N-methyl/N-ethyl adjacent to an activating group) is 1. The number of aliphatic hydroxyl groups excluding tert-OH is 2. The molecule has 0 unspecified atom stereocenters. The predicted molar refractivity (Wildman–Crippen MR) is 347 cm³/mol. The van der Waals surface area contributed by atoms with E-state index in [0.717, 1.165) is 37.9 Å². The minimum absolute atomic E-state index is 0. The number of amides is 3. The average Bonchev–Trinajstić information content (AvgIpc) is 1.77. The Bertz CT molecular complexity index is 4410. The maximum atomic E-state index is 13.0. The van der Waals surface area contributed by atoms with Gasteiger partial charge in [-0.25, -0.2) is 55.2 Å². The van der Waals surface area contributed by atoms with Crippen molar-refractivity contribution in [3.8, 4) is 33.8 Å². The molecule has 1 aliphatic carbocycles. The summed E-state index contributed by atoms with van der Waals surface area (Å²) < 4.78 is 73.9. The highest BCUT2D eigenvalue weighted by Gasteiger charge is 2.44. The van der Waals surface area contributed by atoms with Gasteiger partial charge in [0, 0.05) is 67.2 Å². The summed E-state index contributed by atoms with van der Waals surface area (Å²) in [6.07, 6.45) is 12.5. The lowest BCUT2D eigenvalue weighted by Gasteiger charge is -2.32. The fourth-order valence-electron chi connectivity index (χ4n) is 9.65. The first-order chi connectivity index (χ1) is 42.3. The second kappa shape index (κ2) is 26.8. The Hall–Kier alpha value is -8.34. The number of nitrogens with zero attached hydrogens (tertiary/aromatic N) is 8. The van der Waals surface area contributed by atoms with Crippen molar-refractivity contribution in [2.45, 2.75) is 116 Å². The Kier molecular flexibility index (Phi) is 19.6. The molecule has 3 aromatic carbocycles. The molecule has 1 saturated carbocycles. The van der Waals surface area contributed by atoms with Crippen molar-refractivity contribution >= 4 is 80.7 Å². The molecule has 1 saturated heterocycles. The zero-order valence-corrected chi connectivity index (χ0v) is 53.1. The Morgan fingerprint density at radius 3 is 1.26 bits per heavy atom. The largest absolute Gasteiger partial charge is 0.394 e. The minimum atomic E-state index is -3.35. The summed E-state index contributed by atoms with van der Waals surface area (Å²) in [4.78, 5) is 78.8. The van der Waals surface area contributed by atoms with Crippen molar-refractivity contribution in [2.24, 2.45) is 0 Å². The highest BCUT2D eigenvalue weighted by Crippen LogP contribution is 2.35. The van der Waals surface area contributed by atoms with Crippen LogP contribution in [0.3, 0.4) is 0 Å². The number of sulfone groups is 3. The van der Waals surface area contributed by atoms with E-state index < -0.39 is 50.8 Å². The molecule has 3 amide bonds. The van der Waals surface area contributed by atoms with Crippen LogP contribution in [0.4, 0.5) is 0 Å². The Morgan fingerprint density at radius 2 is 0.921 bits per heavy atom. The lowest BCUT2D eigenvalue weighted by molar-refractivity contribution is 0.0665. The second-order valence-corrected chi connectivity index (χ2v) is 30.5. The van der Waals surface area contributed by atoms with Gasteiger partial charge in [0.25, 0.3) is 17.7 Å². The molecular weight excluding hydrogens is 1200 g/mol. The van der Waals surface area contributed by atoms with Gasteiger partial charge in [0.2, 0.25) is 0 Å². The van der Waals surface area contributed by atoms with Gasteiger partial charge in [-0.15, -0.1) is 0 Å². The van der Waals surface area contributed by atoms with E-state index in [-0.39, 0.29) is 57.4 Å². The molecule has 2 fully saturated rings. The Balaban J connectivity index is 0.000000248. The van der Waals surface area contributed by atoms with Crippen LogP contribution < -0.4 is 10.6 Å². The fourth-order valence-corrected chi connectivity index (χ4v) is 12.8. The third-order valence-corrected chi connectivity index (χ3v) is 22.2. The molecule has 478 valence electrons. The predicted octanol–water partition coefficient (Wildman–Crippen LogP) is 7.94. The standard InChI is InChI=1S/C21H25N5O3S.C21H26N4O4S.C20H22N4O4S.4H2/c1-14(2)30(28,29)16-6-4-15(5-7-16)18-13-23-20-19(24-18)17(12-22-20)21(27)26-10-8-25(3)9-11-26;1-4-5-15(12-26)24-21(27)17-10-22-20-19(17)25-18(11-23-20)14-6-8-16(9-7-14)30(28,29)13(2)3;1-12(2)29(27,28)14-5-3-13(4-6-14)16-10-22-18-17(23-16)15(9-21-18)19(26)24-20(11-25)7-8-20;;;;/h4-7,12-14H,8-11H2,1-3H3,(H,22,23);6-11,13,15,26H,4-5,12H2,1-3H3,(H,22,23)(H,24,27);3-6,9-10,12,25H,7-8,11H2,1-2H3,(H,21,22)(H,24,26);4*1H/t;15-;;;;;/m.1...../s1. The molecule has 11 rings (SSSR count). The van der Waals surface area contributed by atoms with Crippen molar-refractivity contribution in [1.29, 1.82) is 0 Å². The maximum Gasteiger partial charge on any atom is 0.257 e. The summed E-state index contributed by atoms with van der Waals surface area (Å²) in [6, 6.07) is 19.2. The van der Waals surface area contributed by atoms with Crippen LogP contribution in [0.5, 0.6) is 0 Å². The van der Waals surface area contributed by atoms with Gasteiger partial charge in [0.1, 0.15) is 16.6 Å². The zero-order chi connectivity index (χ0) is 64.2. The summed E-state index contributed by atoms with van der Waals surface area (Å²) in [5.41, 5.74) is 7.31. The number of nitrogens with one attached hydrogen (secondary N) is 5. The van der Waals surface area contributed by atoms with Crippen molar-refractivity contribution < 1.29 is 55.6 Å². The number of carbonyl (C=O) groups excluding carboxylic acids is 3. The van der Waals surface area contributed by atoms with Crippen LogP contribution in [-0.4, -0.2) is 182 Å². The monoisotopic (exact) mass is 1280 g/mol. The lowest BCUT2D eigenvalue weighted by Crippen LogP contribution is -2.47. The summed E-state index contributed by atoms with van der Waals surface area (Å²) >= 11 is 0. The first kappa shape index (κ1) is 65.1. The van der Waals surface area contributed by atoms with E-state index in [2.05, 4.69) is 60.4 Å². The number of aromatic nitrogens is 9. The lowest BCUT2D eigenvalue weighted by atomic mass is 10.1. The quantitative estimate of drug-likeness (QED) is 0.0428. The van der Waals surface area contributed by atoms with Crippen LogP contribution >= 0.6 is 0 Å². The molecule has 2 aliphatic rings. The molecule has 6 aromatic heterocycles. The number of H-pyrrole nitrogens is 3. The third kappa shape index (κ3) is 14.2. The van der Waals surface area contributed by atoms with Gasteiger partial charge < -0.3 is 45.6 Å². The molecular formula is C62H81N13O11S3. The fraction of sp³-hybridized carbons (Fsp3) is 0.371. The zero-order valence-electron chi connectivity index (χ0n) is 50.6. The van der Waals surface area contributed by atoms with Crippen molar-refractivity contribution in [3.05, 3.63) is 127 Å². The van der Waals surface area contributed by atoms with E-state index in [9.17, 15) is 49.9 Å². The van der Waals surface area contributed by atoms with E-state index in [1.165, 1.54) is 0 Å². The van der Waals surface area contributed by atoms with Crippen molar-refractivity contribution in [3.63, 3.8) is 0 Å². The molecule has 7 heterocycles. The van der Waals surface area contributed by atoms with Crippen LogP contribution in [0.15, 0.2) is 125 Å². The van der Waals surface area contributed by atoms with Gasteiger partial charge in [0.15, 0.2) is 46.5 Å². The first-order valence-electron chi connectivity index (χ1n) is 29.2. The average molecular weight is 1280 g/mol. The normalized spacial score (nSPS) is 14.8. The number of hydrogen-bond acceptors (Lipinski definition) is 18. The number of rotatable bonds is 18. The van der Waals surface area contributed by atoms with Gasteiger partial charge in [0.05, 0.1) is 108 Å². The third-order valence-electron chi connectivity index (χ3n) is 15.7. The summed E-state index contributed by atoms with van der Waals surface area (Å²) in [6.45, 7) is 14.7. The Labute approximate surface area is 522 Å². The van der Waals surface area contributed by atoms with E-state index >= 15 is 0 Å². The molecule has 27 heteroatoms. The number of aliphatic hydroxyl groups is 2. The summed E-state index contributed by atoms with van der Waals surface area (Å²) in [5, 5.41) is 23.0. The molecule has 0 spiro atoms. The number of carbonyl (C=O) groups is 3. The molecule has 89 heavy (non-hydrogen) atoms. The van der Waals surface area contributed by atoms with Gasteiger partial charge in [-0.2, -0.15) is 0 Å². The highest BCUT2D eigenvalue weighted by atomic mass is 32.2. The molecule has 0 bridgehead atoms. The van der Waals surface area contributed by atoms with Crippen LogP contribution in [0.2, 0.25) is 0 Å². The van der Waals surface area contributed by atoms with Crippen molar-refractivity contribution in [2.75, 3.05) is 46.4 Å². The Morgan fingerprint density at radius 1 is 0.562 bits per heavy atom.